The second-order valence-electron chi connectivity index (χ2n) is 6.65. The smallest absolute Gasteiger partial charge is 0.155 e. The van der Waals surface area contributed by atoms with E-state index in [9.17, 15) is 0 Å². The molecule has 2 heterocycles. The quantitative estimate of drug-likeness (QED) is 0.681. The van der Waals surface area contributed by atoms with Crippen LogP contribution in [0.4, 0.5) is 5.82 Å². The van der Waals surface area contributed by atoms with Crippen molar-refractivity contribution in [3.63, 3.8) is 0 Å². The van der Waals surface area contributed by atoms with Gasteiger partial charge in [0, 0.05) is 18.3 Å². The summed E-state index contributed by atoms with van der Waals surface area (Å²) in [6.45, 7) is 0. The zero-order chi connectivity index (χ0) is 18.1. The Hall–Kier alpha value is -1.95. The zero-order valence-electron chi connectivity index (χ0n) is 14.1. The predicted octanol–water partition coefficient (Wildman–Crippen LogP) is 4.68. The van der Waals surface area contributed by atoms with Crippen molar-refractivity contribution >= 4 is 40.1 Å². The molecule has 0 unspecified atom stereocenters. The first-order chi connectivity index (χ1) is 12.6. The van der Waals surface area contributed by atoms with Crippen molar-refractivity contribution in [3.8, 4) is 11.4 Å². The number of benzene rings is 1. The van der Waals surface area contributed by atoms with Crippen molar-refractivity contribution in [2.45, 2.75) is 37.8 Å². The van der Waals surface area contributed by atoms with Gasteiger partial charge in [0.15, 0.2) is 5.82 Å². The van der Waals surface area contributed by atoms with Crippen LogP contribution in [0.15, 0.2) is 36.5 Å². The molecule has 5 nitrogen and oxygen atoms in total. The zero-order valence-corrected chi connectivity index (χ0v) is 15.6. The number of fused-ring (bicyclic) bond motifs is 1. The summed E-state index contributed by atoms with van der Waals surface area (Å²) in [6, 6.07) is 9.85. The molecule has 134 valence electrons. The Morgan fingerprint density at radius 3 is 2.31 bits per heavy atom. The fourth-order valence-electron chi connectivity index (χ4n) is 3.29. The second-order valence-corrected chi connectivity index (χ2v) is 7.46. The van der Waals surface area contributed by atoms with Crippen LogP contribution >= 0.6 is 23.2 Å². The summed E-state index contributed by atoms with van der Waals surface area (Å²) in [5, 5.41) is 4.48. The van der Waals surface area contributed by atoms with Crippen LogP contribution in [-0.2, 0) is 0 Å². The maximum absolute atomic E-state index is 6.16. The minimum absolute atomic E-state index is 0.298. The molecule has 4 rings (SSSR count). The van der Waals surface area contributed by atoms with E-state index in [4.69, 9.17) is 38.9 Å². The van der Waals surface area contributed by atoms with Gasteiger partial charge in [-0.3, -0.25) is 4.98 Å². The van der Waals surface area contributed by atoms with E-state index in [-0.39, 0.29) is 0 Å². The number of pyridine rings is 1. The minimum Gasteiger partial charge on any atom is -0.365 e. The van der Waals surface area contributed by atoms with Crippen LogP contribution in [0, 0.1) is 0 Å². The lowest BCUT2D eigenvalue weighted by Crippen LogP contribution is -2.33. The van der Waals surface area contributed by atoms with Gasteiger partial charge in [-0.1, -0.05) is 29.3 Å². The molecule has 2 aromatic heterocycles. The molecule has 0 bridgehead atoms. The average molecular weight is 388 g/mol. The lowest BCUT2D eigenvalue weighted by atomic mass is 9.92. The first kappa shape index (κ1) is 17.5. The molecule has 1 fully saturated rings. The van der Waals surface area contributed by atoms with E-state index in [1.54, 1.807) is 18.3 Å². The molecule has 3 N–H and O–H groups in total. The highest BCUT2D eigenvalue weighted by Gasteiger charge is 2.21. The largest absolute Gasteiger partial charge is 0.365 e. The van der Waals surface area contributed by atoms with Gasteiger partial charge in [-0.25, -0.2) is 9.97 Å². The van der Waals surface area contributed by atoms with Crippen molar-refractivity contribution in [2.75, 3.05) is 5.32 Å². The number of hydrogen-bond acceptors (Lipinski definition) is 5. The van der Waals surface area contributed by atoms with E-state index >= 15 is 0 Å². The lowest BCUT2D eigenvalue weighted by Gasteiger charge is -2.27. The van der Waals surface area contributed by atoms with Crippen molar-refractivity contribution in [1.82, 2.24) is 15.0 Å². The van der Waals surface area contributed by atoms with E-state index in [1.807, 2.05) is 18.2 Å². The SMILES string of the molecule is NC1CCC(Nc2nc3cc(Cl)c(Cl)cc3nc2-c2ccccn2)CC1. The second kappa shape index (κ2) is 7.35. The Bertz CT molecular complexity index is 924. The minimum atomic E-state index is 0.298. The van der Waals surface area contributed by atoms with Gasteiger partial charge in [-0.2, -0.15) is 0 Å². The third-order valence-electron chi connectivity index (χ3n) is 4.73. The van der Waals surface area contributed by atoms with Gasteiger partial charge in [0.1, 0.15) is 5.69 Å². The summed E-state index contributed by atoms with van der Waals surface area (Å²) in [5.74, 6) is 0.718. The maximum atomic E-state index is 6.16. The number of nitrogens with two attached hydrogens (primary N) is 1. The summed E-state index contributed by atoms with van der Waals surface area (Å²) in [6.07, 6.45) is 5.81. The van der Waals surface area contributed by atoms with E-state index in [1.165, 1.54) is 0 Å². The molecule has 0 saturated heterocycles. The predicted molar refractivity (Wildman–Crippen MR) is 107 cm³/mol. The molecule has 0 spiro atoms. The molecule has 0 amide bonds. The fourth-order valence-corrected chi connectivity index (χ4v) is 3.61. The van der Waals surface area contributed by atoms with Crippen molar-refractivity contribution < 1.29 is 0 Å². The first-order valence-electron chi connectivity index (χ1n) is 8.70. The summed E-state index contributed by atoms with van der Waals surface area (Å²) in [5.41, 5.74) is 8.90. The number of hydrogen-bond donors (Lipinski definition) is 2. The molecular formula is C19H19Cl2N5. The van der Waals surface area contributed by atoms with Gasteiger partial charge >= 0.3 is 0 Å². The van der Waals surface area contributed by atoms with E-state index in [2.05, 4.69) is 10.3 Å². The molecule has 0 radical (unpaired) electrons. The fraction of sp³-hybridized carbons (Fsp3) is 0.316. The third kappa shape index (κ3) is 3.61. The monoisotopic (exact) mass is 387 g/mol. The van der Waals surface area contributed by atoms with Crippen LogP contribution in [0.1, 0.15) is 25.7 Å². The lowest BCUT2D eigenvalue weighted by molar-refractivity contribution is 0.410. The normalized spacial score (nSPS) is 20.3. The molecule has 1 aromatic carbocycles. The summed E-state index contributed by atoms with van der Waals surface area (Å²) < 4.78 is 0. The van der Waals surface area contributed by atoms with Crippen LogP contribution in [0.5, 0.6) is 0 Å². The molecule has 1 saturated carbocycles. The number of aromatic nitrogens is 3. The number of rotatable bonds is 3. The number of nitrogens with one attached hydrogen (secondary N) is 1. The van der Waals surface area contributed by atoms with E-state index in [0.29, 0.717) is 38.9 Å². The Labute approximate surface area is 162 Å². The van der Waals surface area contributed by atoms with Gasteiger partial charge in [-0.05, 0) is 49.9 Å². The van der Waals surface area contributed by atoms with E-state index in [0.717, 1.165) is 37.2 Å². The van der Waals surface area contributed by atoms with Crippen LogP contribution in [-0.4, -0.2) is 27.0 Å². The highest BCUT2D eigenvalue weighted by molar-refractivity contribution is 6.42. The van der Waals surface area contributed by atoms with Gasteiger partial charge in [-0.15, -0.1) is 0 Å². The Balaban J connectivity index is 1.79. The van der Waals surface area contributed by atoms with Crippen molar-refractivity contribution in [3.05, 3.63) is 46.6 Å². The van der Waals surface area contributed by atoms with Gasteiger partial charge in [0.25, 0.3) is 0 Å². The van der Waals surface area contributed by atoms with Crippen LogP contribution < -0.4 is 11.1 Å². The third-order valence-corrected chi connectivity index (χ3v) is 5.45. The highest BCUT2D eigenvalue weighted by atomic mass is 35.5. The van der Waals surface area contributed by atoms with Crippen molar-refractivity contribution in [2.24, 2.45) is 5.73 Å². The highest BCUT2D eigenvalue weighted by Crippen LogP contribution is 2.32. The molecule has 0 aliphatic heterocycles. The Kier molecular flexibility index (Phi) is 4.94. The molecular weight excluding hydrogens is 369 g/mol. The van der Waals surface area contributed by atoms with Crippen LogP contribution in [0.3, 0.4) is 0 Å². The standard InChI is InChI=1S/C19H19Cl2N5/c20-13-9-16-17(10-14(13)21)26-19(24-12-6-4-11(22)5-7-12)18(25-16)15-3-1-2-8-23-15/h1-3,8-12H,4-7,22H2,(H,24,26). The van der Waals surface area contributed by atoms with Crippen LogP contribution in [0.2, 0.25) is 10.0 Å². The van der Waals surface area contributed by atoms with Crippen molar-refractivity contribution in [1.29, 1.82) is 0 Å². The molecule has 0 atom stereocenters. The van der Waals surface area contributed by atoms with Gasteiger partial charge in [0.2, 0.25) is 0 Å². The Morgan fingerprint density at radius 2 is 1.65 bits per heavy atom. The van der Waals surface area contributed by atoms with Gasteiger partial charge in [0.05, 0.1) is 26.8 Å². The maximum Gasteiger partial charge on any atom is 0.155 e. The number of halogens is 2. The molecule has 26 heavy (non-hydrogen) atoms. The molecule has 1 aliphatic carbocycles. The molecule has 7 heteroatoms. The average Bonchev–Trinajstić information content (AvgIpc) is 2.65. The molecule has 1 aliphatic rings. The Morgan fingerprint density at radius 1 is 0.962 bits per heavy atom. The number of nitrogens with zero attached hydrogens (tertiary/aromatic N) is 3. The summed E-state index contributed by atoms with van der Waals surface area (Å²) in [7, 11) is 0. The summed E-state index contributed by atoms with van der Waals surface area (Å²) >= 11 is 12.3. The van der Waals surface area contributed by atoms with Gasteiger partial charge < -0.3 is 11.1 Å². The molecule has 3 aromatic rings. The van der Waals surface area contributed by atoms with Crippen LogP contribution in [0.25, 0.3) is 22.4 Å². The summed E-state index contributed by atoms with van der Waals surface area (Å²) in [4.78, 5) is 14.0. The topological polar surface area (TPSA) is 76.7 Å². The number of anilines is 1. The van der Waals surface area contributed by atoms with E-state index < -0.39 is 0 Å². The first-order valence-corrected chi connectivity index (χ1v) is 9.46.